The van der Waals surface area contributed by atoms with Crippen LogP contribution in [0, 0.1) is 0 Å². The number of aliphatic hydroxyl groups excluding tert-OH is 1. The van der Waals surface area contributed by atoms with E-state index in [0.717, 1.165) is 6.26 Å². The van der Waals surface area contributed by atoms with E-state index in [0.29, 0.717) is 11.1 Å². The Morgan fingerprint density at radius 2 is 2.13 bits per heavy atom. The van der Waals surface area contributed by atoms with Crippen molar-refractivity contribution in [1.82, 2.24) is 0 Å². The van der Waals surface area contributed by atoms with Crippen LogP contribution in [0.3, 0.4) is 0 Å². The van der Waals surface area contributed by atoms with Gasteiger partial charge >= 0.3 is 5.97 Å². The molecule has 80 valence electrons. The highest BCUT2D eigenvalue weighted by molar-refractivity contribution is 6.15. The number of rotatable bonds is 4. The first-order valence-electron chi connectivity index (χ1n) is 4.36. The maximum absolute atomic E-state index is 10.9. The molecular formula is C11H12O4. The fourth-order valence-corrected chi connectivity index (χ4v) is 1.27. The maximum Gasteiger partial charge on any atom is 0.339 e. The molecule has 0 aliphatic carbocycles. The van der Waals surface area contributed by atoms with Crippen LogP contribution in [0.4, 0.5) is 0 Å². The number of ether oxygens (including phenoxy) is 1. The summed E-state index contributed by atoms with van der Waals surface area (Å²) in [5.41, 5.74) is 1.06. The minimum atomic E-state index is -1.09. The molecule has 0 aromatic heterocycles. The zero-order chi connectivity index (χ0) is 11.3. The molecule has 0 bridgehead atoms. The third-order valence-corrected chi connectivity index (χ3v) is 1.94. The third-order valence-electron chi connectivity index (χ3n) is 1.94. The van der Waals surface area contributed by atoms with E-state index in [2.05, 4.69) is 0 Å². The van der Waals surface area contributed by atoms with Crippen molar-refractivity contribution in [2.45, 2.75) is 6.61 Å². The van der Waals surface area contributed by atoms with E-state index in [1.165, 1.54) is 7.11 Å². The number of hydrogen-bond donors (Lipinski definition) is 2. The van der Waals surface area contributed by atoms with Gasteiger partial charge in [-0.25, -0.2) is 4.79 Å². The molecule has 0 aliphatic heterocycles. The Hall–Kier alpha value is -1.81. The van der Waals surface area contributed by atoms with E-state index in [9.17, 15) is 4.79 Å². The zero-order valence-electron chi connectivity index (χ0n) is 8.30. The molecule has 15 heavy (non-hydrogen) atoms. The van der Waals surface area contributed by atoms with Gasteiger partial charge in [-0.3, -0.25) is 0 Å². The molecule has 0 saturated heterocycles. The molecule has 1 aromatic rings. The van der Waals surface area contributed by atoms with Gasteiger partial charge < -0.3 is 14.9 Å². The number of carboxylic acids is 1. The molecule has 0 aliphatic rings. The van der Waals surface area contributed by atoms with E-state index in [-0.39, 0.29) is 12.2 Å². The monoisotopic (exact) mass is 208 g/mol. The normalized spacial score (nSPS) is 11.2. The second-order valence-electron chi connectivity index (χ2n) is 2.89. The van der Waals surface area contributed by atoms with E-state index in [4.69, 9.17) is 14.9 Å². The van der Waals surface area contributed by atoms with Crippen LogP contribution in [0.25, 0.3) is 5.57 Å². The van der Waals surface area contributed by atoms with Crippen molar-refractivity contribution in [3.05, 3.63) is 41.7 Å². The van der Waals surface area contributed by atoms with Gasteiger partial charge in [0.2, 0.25) is 0 Å². The number of benzene rings is 1. The Morgan fingerprint density at radius 3 is 2.67 bits per heavy atom. The van der Waals surface area contributed by atoms with Crippen molar-refractivity contribution in [3.63, 3.8) is 0 Å². The van der Waals surface area contributed by atoms with Crippen LogP contribution in [0.5, 0.6) is 0 Å². The van der Waals surface area contributed by atoms with Crippen LogP contribution >= 0.6 is 0 Å². The molecule has 4 nitrogen and oxygen atoms in total. The Labute approximate surface area is 87.4 Å². The SMILES string of the molecule is CO/C=C(\C(=O)O)c1ccccc1CO. The van der Waals surface area contributed by atoms with E-state index in [1.54, 1.807) is 24.3 Å². The second-order valence-corrected chi connectivity index (χ2v) is 2.89. The van der Waals surface area contributed by atoms with Gasteiger partial charge in [0, 0.05) is 0 Å². The molecule has 2 N–H and O–H groups in total. The predicted molar refractivity (Wildman–Crippen MR) is 55.0 cm³/mol. The van der Waals surface area contributed by atoms with Crippen molar-refractivity contribution in [1.29, 1.82) is 0 Å². The highest BCUT2D eigenvalue weighted by Gasteiger charge is 2.13. The number of hydrogen-bond acceptors (Lipinski definition) is 3. The second kappa shape index (κ2) is 5.17. The average molecular weight is 208 g/mol. The first-order chi connectivity index (χ1) is 7.20. The summed E-state index contributed by atoms with van der Waals surface area (Å²) in [6.45, 7) is -0.204. The van der Waals surface area contributed by atoms with Crippen LogP contribution in [0.1, 0.15) is 11.1 Å². The van der Waals surface area contributed by atoms with Gasteiger partial charge in [-0.05, 0) is 11.1 Å². The molecule has 1 rings (SSSR count). The number of carboxylic acid groups (broad SMARTS) is 1. The zero-order valence-corrected chi connectivity index (χ0v) is 8.30. The van der Waals surface area contributed by atoms with Crippen LogP contribution in [-0.2, 0) is 16.1 Å². The van der Waals surface area contributed by atoms with Crippen molar-refractivity contribution < 1.29 is 19.7 Å². The number of methoxy groups -OCH3 is 1. The molecule has 0 amide bonds. The van der Waals surface area contributed by atoms with Crippen molar-refractivity contribution in [2.75, 3.05) is 7.11 Å². The topological polar surface area (TPSA) is 66.8 Å². The number of aliphatic carboxylic acids is 1. The third kappa shape index (κ3) is 2.57. The lowest BCUT2D eigenvalue weighted by Gasteiger charge is -2.07. The fraction of sp³-hybridized carbons (Fsp3) is 0.182. The summed E-state index contributed by atoms with van der Waals surface area (Å²) in [4.78, 5) is 10.9. The molecule has 0 unspecified atom stereocenters. The van der Waals surface area contributed by atoms with E-state index < -0.39 is 5.97 Å². The standard InChI is InChI=1S/C11H12O4/c1-15-7-10(11(13)14)9-5-3-2-4-8(9)6-12/h2-5,7,12H,6H2,1H3,(H,13,14)/b10-7-. The van der Waals surface area contributed by atoms with Gasteiger partial charge in [0.1, 0.15) is 5.57 Å². The summed E-state index contributed by atoms with van der Waals surface area (Å²) < 4.78 is 4.69. The molecule has 0 radical (unpaired) electrons. The first-order valence-corrected chi connectivity index (χ1v) is 4.36. The van der Waals surface area contributed by atoms with E-state index in [1.807, 2.05) is 0 Å². The average Bonchev–Trinajstić information content (AvgIpc) is 2.25. The first kappa shape index (κ1) is 11.3. The van der Waals surface area contributed by atoms with Crippen LogP contribution in [-0.4, -0.2) is 23.3 Å². The minimum Gasteiger partial charge on any atom is -0.503 e. The number of carbonyl (C=O) groups is 1. The van der Waals surface area contributed by atoms with E-state index >= 15 is 0 Å². The summed E-state index contributed by atoms with van der Waals surface area (Å²) in [5, 5.41) is 18.0. The molecule has 0 atom stereocenters. The van der Waals surface area contributed by atoms with Crippen LogP contribution in [0.2, 0.25) is 0 Å². The van der Waals surface area contributed by atoms with Gasteiger partial charge in [-0.15, -0.1) is 0 Å². The lowest BCUT2D eigenvalue weighted by atomic mass is 10.0. The van der Waals surface area contributed by atoms with Crippen molar-refractivity contribution in [2.24, 2.45) is 0 Å². The van der Waals surface area contributed by atoms with Crippen molar-refractivity contribution >= 4 is 11.5 Å². The molecule has 0 saturated carbocycles. The summed E-state index contributed by atoms with van der Waals surface area (Å²) >= 11 is 0. The highest BCUT2D eigenvalue weighted by atomic mass is 16.5. The quantitative estimate of drug-likeness (QED) is 0.577. The molecule has 4 heteroatoms. The summed E-state index contributed by atoms with van der Waals surface area (Å²) in [5.74, 6) is -1.09. The smallest absolute Gasteiger partial charge is 0.339 e. The van der Waals surface area contributed by atoms with Gasteiger partial charge in [0.05, 0.1) is 20.0 Å². The van der Waals surface area contributed by atoms with Gasteiger partial charge in [-0.2, -0.15) is 0 Å². The molecule has 0 heterocycles. The Kier molecular flexibility index (Phi) is 3.88. The Balaban J connectivity index is 3.22. The summed E-state index contributed by atoms with van der Waals surface area (Å²) in [7, 11) is 1.38. The lowest BCUT2D eigenvalue weighted by molar-refractivity contribution is -0.130. The van der Waals surface area contributed by atoms with Gasteiger partial charge in [0.25, 0.3) is 0 Å². The van der Waals surface area contributed by atoms with Gasteiger partial charge in [-0.1, -0.05) is 24.3 Å². The maximum atomic E-state index is 10.9. The largest absolute Gasteiger partial charge is 0.503 e. The van der Waals surface area contributed by atoms with Crippen LogP contribution < -0.4 is 0 Å². The number of aliphatic hydroxyl groups is 1. The van der Waals surface area contributed by atoms with Crippen LogP contribution in [0.15, 0.2) is 30.5 Å². The highest BCUT2D eigenvalue weighted by Crippen LogP contribution is 2.19. The minimum absolute atomic E-state index is 0.0298. The summed E-state index contributed by atoms with van der Waals surface area (Å²) in [6.07, 6.45) is 1.15. The molecule has 0 spiro atoms. The fourth-order valence-electron chi connectivity index (χ4n) is 1.27. The molecular weight excluding hydrogens is 196 g/mol. The molecule has 0 fully saturated rings. The Morgan fingerprint density at radius 1 is 1.47 bits per heavy atom. The predicted octanol–water partition coefficient (Wildman–Crippen LogP) is 1.25. The van der Waals surface area contributed by atoms with Crippen molar-refractivity contribution in [3.8, 4) is 0 Å². The molecule has 1 aromatic carbocycles. The summed E-state index contributed by atoms with van der Waals surface area (Å²) in [6, 6.07) is 6.74. The lowest BCUT2D eigenvalue weighted by Crippen LogP contribution is -2.03. The Bertz CT molecular complexity index is 382. The van der Waals surface area contributed by atoms with Gasteiger partial charge in [0.15, 0.2) is 0 Å².